The molecule has 0 fully saturated rings. The summed E-state index contributed by atoms with van der Waals surface area (Å²) >= 11 is 0. The van der Waals surface area contributed by atoms with Crippen LogP contribution in [-0.2, 0) is 11.4 Å². The van der Waals surface area contributed by atoms with Crippen LogP contribution < -0.4 is 9.47 Å². The zero-order chi connectivity index (χ0) is 23.2. The first-order valence-corrected chi connectivity index (χ1v) is 10.3. The Labute approximate surface area is 192 Å². The summed E-state index contributed by atoms with van der Waals surface area (Å²) in [6, 6.07) is 24.8. The highest BCUT2D eigenvalue weighted by Gasteiger charge is 2.24. The van der Waals surface area contributed by atoms with Crippen molar-refractivity contribution in [2.75, 3.05) is 21.3 Å². The van der Waals surface area contributed by atoms with Crippen molar-refractivity contribution in [2.24, 2.45) is 0 Å². The fraction of sp³-hybridized carbons (Fsp3) is 0.154. The van der Waals surface area contributed by atoms with Crippen molar-refractivity contribution in [1.82, 2.24) is 10.0 Å². The molecule has 1 amide bonds. The van der Waals surface area contributed by atoms with Crippen LogP contribution in [0.25, 0.3) is 22.6 Å². The highest BCUT2D eigenvalue weighted by atomic mass is 16.7. The van der Waals surface area contributed by atoms with Gasteiger partial charge in [-0.3, -0.25) is 9.63 Å². The van der Waals surface area contributed by atoms with Crippen molar-refractivity contribution >= 4 is 5.91 Å². The minimum Gasteiger partial charge on any atom is -0.497 e. The van der Waals surface area contributed by atoms with Gasteiger partial charge in [0.25, 0.3) is 5.89 Å². The third-order valence-electron chi connectivity index (χ3n) is 5.10. The molecule has 4 aromatic rings. The van der Waals surface area contributed by atoms with Crippen LogP contribution in [-0.4, -0.2) is 37.2 Å². The summed E-state index contributed by atoms with van der Waals surface area (Å²) in [5.74, 6) is 1.37. The van der Waals surface area contributed by atoms with Gasteiger partial charge >= 0.3 is 5.91 Å². The number of nitrogens with zero attached hydrogens (tertiary/aromatic N) is 2. The minimum atomic E-state index is -0.485. The number of carbonyl (C=O) groups excluding carboxylic acids is 1. The number of hydrogen-bond acceptors (Lipinski definition) is 6. The summed E-state index contributed by atoms with van der Waals surface area (Å²) in [7, 11) is 4.51. The van der Waals surface area contributed by atoms with Crippen LogP contribution in [0.2, 0.25) is 0 Å². The first-order chi connectivity index (χ1) is 16.1. The molecule has 0 aliphatic heterocycles. The van der Waals surface area contributed by atoms with Crippen molar-refractivity contribution < 1.29 is 23.5 Å². The molecular formula is C26H24N2O5. The monoisotopic (exact) mass is 444 g/mol. The number of aromatic nitrogens is 1. The van der Waals surface area contributed by atoms with E-state index in [2.05, 4.69) is 4.98 Å². The fourth-order valence-electron chi connectivity index (χ4n) is 3.21. The number of hydroxylamine groups is 2. The number of amides is 1. The molecule has 3 aromatic carbocycles. The van der Waals surface area contributed by atoms with Gasteiger partial charge < -0.3 is 13.9 Å². The number of methoxy groups -OCH3 is 1. The van der Waals surface area contributed by atoms with Gasteiger partial charge in [0.05, 0.1) is 14.2 Å². The van der Waals surface area contributed by atoms with Gasteiger partial charge in [-0.25, -0.2) is 10.0 Å². The molecule has 0 bridgehead atoms. The standard InChI is InChI=1S/C26H24N2O5/c1-28(31-3)26(29)25-27-23(19-9-13-21(30-2)14-10-19)24(33-25)20-11-15-22(16-12-20)32-17-18-7-5-4-6-8-18/h4-16H,17H2,1-3H3. The molecule has 0 atom stereocenters. The van der Waals surface area contributed by atoms with E-state index >= 15 is 0 Å². The second-order valence-corrected chi connectivity index (χ2v) is 7.21. The molecule has 7 heteroatoms. The molecule has 0 spiro atoms. The molecular weight excluding hydrogens is 420 g/mol. The van der Waals surface area contributed by atoms with E-state index in [0.717, 1.165) is 33.3 Å². The van der Waals surface area contributed by atoms with Gasteiger partial charge in [0.2, 0.25) is 0 Å². The Hall–Kier alpha value is -4.10. The second-order valence-electron chi connectivity index (χ2n) is 7.21. The molecule has 33 heavy (non-hydrogen) atoms. The predicted octanol–water partition coefficient (Wildman–Crippen LogP) is 5.23. The van der Waals surface area contributed by atoms with Crippen molar-refractivity contribution in [1.29, 1.82) is 0 Å². The van der Waals surface area contributed by atoms with E-state index < -0.39 is 5.91 Å². The zero-order valence-electron chi connectivity index (χ0n) is 18.6. The molecule has 0 N–H and O–H groups in total. The van der Waals surface area contributed by atoms with Crippen molar-refractivity contribution in [2.45, 2.75) is 6.61 Å². The lowest BCUT2D eigenvalue weighted by atomic mass is 10.1. The number of benzene rings is 3. The number of hydrogen-bond donors (Lipinski definition) is 0. The maximum Gasteiger partial charge on any atom is 0.332 e. The summed E-state index contributed by atoms with van der Waals surface area (Å²) in [5, 5.41) is 1.06. The Kier molecular flexibility index (Phi) is 6.71. The van der Waals surface area contributed by atoms with Gasteiger partial charge in [-0.15, -0.1) is 0 Å². The van der Waals surface area contributed by atoms with Crippen LogP contribution >= 0.6 is 0 Å². The highest BCUT2D eigenvalue weighted by Crippen LogP contribution is 2.34. The Bertz CT molecular complexity index is 1200. The van der Waals surface area contributed by atoms with Crippen LogP contribution in [0, 0.1) is 0 Å². The molecule has 4 rings (SSSR count). The lowest BCUT2D eigenvalue weighted by Gasteiger charge is -2.10. The van der Waals surface area contributed by atoms with E-state index in [1.165, 1.54) is 14.2 Å². The molecule has 0 unspecified atom stereocenters. The average Bonchev–Trinajstić information content (AvgIpc) is 3.33. The summed E-state index contributed by atoms with van der Waals surface area (Å²) in [6.07, 6.45) is 0. The Morgan fingerprint density at radius 2 is 1.52 bits per heavy atom. The molecule has 0 aliphatic rings. The largest absolute Gasteiger partial charge is 0.497 e. The van der Waals surface area contributed by atoms with Crippen molar-refractivity contribution in [3.05, 3.63) is 90.3 Å². The highest BCUT2D eigenvalue weighted by molar-refractivity contribution is 5.91. The number of ether oxygens (including phenoxy) is 2. The Morgan fingerprint density at radius 1 is 0.879 bits per heavy atom. The summed E-state index contributed by atoms with van der Waals surface area (Å²) in [6.45, 7) is 0.474. The second kappa shape index (κ2) is 10.0. The van der Waals surface area contributed by atoms with E-state index in [1.807, 2.05) is 78.9 Å². The first-order valence-electron chi connectivity index (χ1n) is 10.3. The SMILES string of the molecule is COc1ccc(-c2nc(C(=O)N(C)OC)oc2-c2ccc(OCc3ccccc3)cc2)cc1. The normalized spacial score (nSPS) is 10.6. The van der Waals surface area contributed by atoms with Gasteiger partial charge in [0.1, 0.15) is 23.8 Å². The number of carbonyl (C=O) groups is 1. The molecule has 0 saturated heterocycles. The third kappa shape index (κ3) is 5.05. The zero-order valence-corrected chi connectivity index (χ0v) is 18.6. The molecule has 0 saturated carbocycles. The number of rotatable bonds is 8. The van der Waals surface area contributed by atoms with Crippen molar-refractivity contribution in [3.8, 4) is 34.1 Å². The molecule has 0 aliphatic carbocycles. The lowest BCUT2D eigenvalue weighted by Crippen LogP contribution is -2.25. The quantitative estimate of drug-likeness (QED) is 0.347. The average molecular weight is 444 g/mol. The van der Waals surface area contributed by atoms with Crippen LogP contribution in [0.1, 0.15) is 16.2 Å². The van der Waals surface area contributed by atoms with Gasteiger partial charge in [-0.2, -0.15) is 0 Å². The minimum absolute atomic E-state index is 0.0652. The van der Waals surface area contributed by atoms with E-state index in [1.54, 1.807) is 7.11 Å². The third-order valence-corrected chi connectivity index (χ3v) is 5.10. The predicted molar refractivity (Wildman–Crippen MR) is 124 cm³/mol. The van der Waals surface area contributed by atoms with Crippen molar-refractivity contribution in [3.63, 3.8) is 0 Å². The maximum absolute atomic E-state index is 12.6. The number of oxazole rings is 1. The van der Waals surface area contributed by atoms with Crippen LogP contribution in [0.15, 0.2) is 83.3 Å². The van der Waals surface area contributed by atoms with Crippen LogP contribution in [0.3, 0.4) is 0 Å². The van der Waals surface area contributed by atoms with E-state index in [0.29, 0.717) is 18.1 Å². The summed E-state index contributed by atoms with van der Waals surface area (Å²) in [4.78, 5) is 22.0. The van der Waals surface area contributed by atoms with E-state index in [-0.39, 0.29) is 5.89 Å². The Balaban J connectivity index is 1.64. The lowest BCUT2D eigenvalue weighted by molar-refractivity contribution is -0.0777. The molecule has 168 valence electrons. The van der Waals surface area contributed by atoms with Crippen LogP contribution in [0.4, 0.5) is 0 Å². The van der Waals surface area contributed by atoms with Gasteiger partial charge in [0, 0.05) is 18.2 Å². The maximum atomic E-state index is 12.6. The van der Waals surface area contributed by atoms with Gasteiger partial charge in [-0.05, 0) is 54.1 Å². The fourth-order valence-corrected chi connectivity index (χ4v) is 3.21. The Morgan fingerprint density at radius 3 is 2.15 bits per heavy atom. The molecule has 0 radical (unpaired) electrons. The van der Waals surface area contributed by atoms with E-state index in [9.17, 15) is 4.79 Å². The van der Waals surface area contributed by atoms with Crippen LogP contribution in [0.5, 0.6) is 11.5 Å². The molecule has 1 heterocycles. The van der Waals surface area contributed by atoms with E-state index in [4.69, 9.17) is 18.7 Å². The van der Waals surface area contributed by atoms with Gasteiger partial charge in [0.15, 0.2) is 5.76 Å². The van der Waals surface area contributed by atoms with Gasteiger partial charge in [-0.1, -0.05) is 30.3 Å². The smallest absolute Gasteiger partial charge is 0.332 e. The molecule has 1 aromatic heterocycles. The molecule has 7 nitrogen and oxygen atoms in total. The topological polar surface area (TPSA) is 74.0 Å². The summed E-state index contributed by atoms with van der Waals surface area (Å²) < 4.78 is 17.0. The summed E-state index contributed by atoms with van der Waals surface area (Å²) in [5.41, 5.74) is 3.19. The first kappa shape index (κ1) is 22.1.